The summed E-state index contributed by atoms with van der Waals surface area (Å²) in [6, 6.07) is 2.15. The van der Waals surface area contributed by atoms with Crippen LogP contribution in [0.1, 0.15) is 24.5 Å². The van der Waals surface area contributed by atoms with E-state index in [1.165, 1.54) is 11.1 Å². The van der Waals surface area contributed by atoms with Crippen LogP contribution >= 0.6 is 11.3 Å². The highest BCUT2D eigenvalue weighted by atomic mass is 32.1. The molecule has 86 valence electrons. The lowest BCUT2D eigenvalue weighted by Crippen LogP contribution is -2.11. The Morgan fingerprint density at radius 1 is 1.38 bits per heavy atom. The van der Waals surface area contributed by atoms with Gasteiger partial charge in [-0.3, -0.25) is 4.68 Å². The summed E-state index contributed by atoms with van der Waals surface area (Å²) in [6.45, 7) is 4.99. The van der Waals surface area contributed by atoms with Gasteiger partial charge in [-0.2, -0.15) is 16.4 Å². The monoisotopic (exact) mass is 235 g/mol. The summed E-state index contributed by atoms with van der Waals surface area (Å²) in [6.07, 6.45) is 5.18. The molecule has 0 saturated heterocycles. The molecule has 3 nitrogen and oxygen atoms in total. The summed E-state index contributed by atoms with van der Waals surface area (Å²) in [5.74, 6) is 0. The molecule has 0 atom stereocenters. The molecule has 0 amide bonds. The van der Waals surface area contributed by atoms with E-state index >= 15 is 0 Å². The van der Waals surface area contributed by atoms with E-state index in [2.05, 4.69) is 40.4 Å². The van der Waals surface area contributed by atoms with Crippen molar-refractivity contribution >= 4 is 11.3 Å². The summed E-state index contributed by atoms with van der Waals surface area (Å²) in [7, 11) is 0. The van der Waals surface area contributed by atoms with Crippen LogP contribution in [0.25, 0.3) is 0 Å². The van der Waals surface area contributed by atoms with Gasteiger partial charge in [0.1, 0.15) is 0 Å². The van der Waals surface area contributed by atoms with Crippen LogP contribution in [0, 0.1) is 0 Å². The predicted molar refractivity (Wildman–Crippen MR) is 67.4 cm³/mol. The highest BCUT2D eigenvalue weighted by Crippen LogP contribution is 2.05. The summed E-state index contributed by atoms with van der Waals surface area (Å²) in [5, 5.41) is 12.0. The molecule has 0 saturated carbocycles. The molecule has 2 aromatic rings. The Morgan fingerprint density at radius 2 is 2.25 bits per heavy atom. The molecule has 1 N–H and O–H groups in total. The topological polar surface area (TPSA) is 29.9 Å². The van der Waals surface area contributed by atoms with Gasteiger partial charge in [-0.25, -0.2) is 0 Å². The third-order valence-electron chi connectivity index (χ3n) is 2.38. The Bertz CT molecular complexity index is 406. The number of aryl methyl sites for hydroxylation is 1. The van der Waals surface area contributed by atoms with Crippen molar-refractivity contribution in [2.75, 3.05) is 0 Å². The first-order valence-corrected chi connectivity index (χ1v) is 6.56. The Balaban J connectivity index is 1.76. The van der Waals surface area contributed by atoms with E-state index in [0.717, 1.165) is 26.1 Å². The maximum absolute atomic E-state index is 4.30. The van der Waals surface area contributed by atoms with Gasteiger partial charge in [0.25, 0.3) is 0 Å². The van der Waals surface area contributed by atoms with E-state index in [0.29, 0.717) is 0 Å². The molecule has 0 radical (unpaired) electrons. The minimum atomic E-state index is 0.888. The fourth-order valence-electron chi connectivity index (χ4n) is 1.59. The Morgan fingerprint density at radius 3 is 3.00 bits per heavy atom. The van der Waals surface area contributed by atoms with Crippen LogP contribution in [0.5, 0.6) is 0 Å². The first-order chi connectivity index (χ1) is 7.88. The van der Waals surface area contributed by atoms with Crippen LogP contribution in [0.2, 0.25) is 0 Å². The Labute approximate surface area is 100 Å². The number of hydrogen-bond acceptors (Lipinski definition) is 3. The lowest BCUT2D eigenvalue weighted by atomic mass is 10.3. The van der Waals surface area contributed by atoms with Gasteiger partial charge in [0.2, 0.25) is 0 Å². The van der Waals surface area contributed by atoms with Crippen molar-refractivity contribution in [3.05, 3.63) is 40.3 Å². The first-order valence-electron chi connectivity index (χ1n) is 5.61. The van der Waals surface area contributed by atoms with E-state index in [-0.39, 0.29) is 0 Å². The van der Waals surface area contributed by atoms with Crippen molar-refractivity contribution in [2.24, 2.45) is 0 Å². The molecular formula is C12H17N3S. The molecule has 0 aromatic carbocycles. The van der Waals surface area contributed by atoms with Gasteiger partial charge in [-0.15, -0.1) is 0 Å². The molecule has 0 fully saturated rings. The highest BCUT2D eigenvalue weighted by molar-refractivity contribution is 7.07. The zero-order valence-electron chi connectivity index (χ0n) is 9.52. The predicted octanol–water partition coefficient (Wildman–Crippen LogP) is 2.64. The summed E-state index contributed by atoms with van der Waals surface area (Å²) in [4.78, 5) is 0. The number of aromatic nitrogens is 2. The smallest absolute Gasteiger partial charge is 0.0534 e. The van der Waals surface area contributed by atoms with Crippen LogP contribution < -0.4 is 5.32 Å². The minimum absolute atomic E-state index is 0.888. The lowest BCUT2D eigenvalue weighted by molar-refractivity contribution is 0.601. The average Bonchev–Trinajstić information content (AvgIpc) is 2.90. The minimum Gasteiger partial charge on any atom is -0.308 e. The average molecular weight is 235 g/mol. The van der Waals surface area contributed by atoms with Gasteiger partial charge in [-0.05, 0) is 28.8 Å². The normalized spacial score (nSPS) is 10.8. The van der Waals surface area contributed by atoms with Gasteiger partial charge in [0.05, 0.1) is 6.20 Å². The van der Waals surface area contributed by atoms with Crippen LogP contribution in [-0.4, -0.2) is 9.78 Å². The second-order valence-corrected chi connectivity index (χ2v) is 4.63. The fourth-order valence-corrected chi connectivity index (χ4v) is 2.26. The van der Waals surface area contributed by atoms with Crippen molar-refractivity contribution < 1.29 is 0 Å². The lowest BCUT2D eigenvalue weighted by Gasteiger charge is -2.00. The molecule has 0 aliphatic rings. The van der Waals surface area contributed by atoms with Crippen molar-refractivity contribution in [2.45, 2.75) is 33.0 Å². The molecule has 0 spiro atoms. The number of nitrogens with one attached hydrogen (secondary N) is 1. The van der Waals surface area contributed by atoms with Crippen LogP contribution in [-0.2, 0) is 19.6 Å². The molecule has 4 heteroatoms. The molecule has 0 aliphatic carbocycles. The maximum atomic E-state index is 4.30. The second kappa shape index (κ2) is 5.82. The van der Waals surface area contributed by atoms with Crippen LogP contribution in [0.4, 0.5) is 0 Å². The van der Waals surface area contributed by atoms with Gasteiger partial charge in [0.15, 0.2) is 0 Å². The SMILES string of the molecule is CCCn1cc(CNCc2ccsc2)cn1. The van der Waals surface area contributed by atoms with E-state index in [1.807, 2.05) is 10.9 Å². The highest BCUT2D eigenvalue weighted by Gasteiger charge is 1.98. The zero-order valence-corrected chi connectivity index (χ0v) is 10.3. The quantitative estimate of drug-likeness (QED) is 0.834. The molecule has 2 heterocycles. The fraction of sp³-hybridized carbons (Fsp3) is 0.417. The summed E-state index contributed by atoms with van der Waals surface area (Å²) < 4.78 is 2.00. The first kappa shape index (κ1) is 11.4. The molecule has 16 heavy (non-hydrogen) atoms. The number of rotatable bonds is 6. The molecule has 0 bridgehead atoms. The largest absolute Gasteiger partial charge is 0.308 e. The Hall–Kier alpha value is -1.13. The van der Waals surface area contributed by atoms with E-state index in [1.54, 1.807) is 11.3 Å². The van der Waals surface area contributed by atoms with Crippen LogP contribution in [0.15, 0.2) is 29.2 Å². The number of thiophene rings is 1. The number of hydrogen-bond donors (Lipinski definition) is 1. The molecule has 2 aromatic heterocycles. The summed E-state index contributed by atoms with van der Waals surface area (Å²) >= 11 is 1.74. The molecular weight excluding hydrogens is 218 g/mol. The van der Waals surface area contributed by atoms with Gasteiger partial charge < -0.3 is 5.32 Å². The maximum Gasteiger partial charge on any atom is 0.0534 e. The standard InChI is InChI=1S/C12H17N3S/c1-2-4-15-9-12(8-14-15)7-13-6-11-3-5-16-10-11/h3,5,8-10,13H,2,4,6-7H2,1H3. The second-order valence-electron chi connectivity index (χ2n) is 3.85. The third-order valence-corrected chi connectivity index (χ3v) is 3.11. The van der Waals surface area contributed by atoms with E-state index < -0.39 is 0 Å². The molecule has 2 rings (SSSR count). The Kier molecular flexibility index (Phi) is 4.13. The van der Waals surface area contributed by atoms with Gasteiger partial charge in [0, 0.05) is 31.4 Å². The molecule has 0 aliphatic heterocycles. The molecule has 0 unspecified atom stereocenters. The van der Waals surface area contributed by atoms with Gasteiger partial charge >= 0.3 is 0 Å². The van der Waals surface area contributed by atoms with Crippen molar-refractivity contribution in [3.63, 3.8) is 0 Å². The van der Waals surface area contributed by atoms with Crippen LogP contribution in [0.3, 0.4) is 0 Å². The van der Waals surface area contributed by atoms with E-state index in [9.17, 15) is 0 Å². The van der Waals surface area contributed by atoms with E-state index in [4.69, 9.17) is 0 Å². The van der Waals surface area contributed by atoms with Crippen molar-refractivity contribution in [1.82, 2.24) is 15.1 Å². The van der Waals surface area contributed by atoms with Crippen molar-refractivity contribution in [1.29, 1.82) is 0 Å². The van der Waals surface area contributed by atoms with Crippen molar-refractivity contribution in [3.8, 4) is 0 Å². The third kappa shape index (κ3) is 3.18. The summed E-state index contributed by atoms with van der Waals surface area (Å²) in [5.41, 5.74) is 2.61. The zero-order chi connectivity index (χ0) is 11.2. The van der Waals surface area contributed by atoms with Gasteiger partial charge in [-0.1, -0.05) is 6.92 Å². The number of nitrogens with zero attached hydrogens (tertiary/aromatic N) is 2.